The summed E-state index contributed by atoms with van der Waals surface area (Å²) >= 11 is 0. The van der Waals surface area contributed by atoms with E-state index in [1.807, 2.05) is 48.5 Å². The molecule has 4 heteroatoms. The molecule has 2 saturated heterocycles. The zero-order valence-electron chi connectivity index (χ0n) is 16.6. The fraction of sp³-hybridized carbons (Fsp3) is 0.458. The average molecular weight is 379 g/mol. The Balaban J connectivity index is 1.35. The van der Waals surface area contributed by atoms with Crippen LogP contribution in [-0.4, -0.2) is 47.5 Å². The van der Waals surface area contributed by atoms with E-state index in [1.54, 1.807) is 0 Å². The van der Waals surface area contributed by atoms with Crippen molar-refractivity contribution < 1.29 is 9.53 Å². The standard InChI is InChI=1S/C24H30N2O2/c27-23-24(14-7-16-25(23)20-21-10-3-1-4-11-21)15-8-17-26(24)18-9-19-28-22-12-5-2-6-13-22/h1-6,10-13H,7-9,14-20H2. The average Bonchev–Trinajstić information content (AvgIpc) is 3.14. The molecule has 0 saturated carbocycles. The van der Waals surface area contributed by atoms with E-state index in [-0.39, 0.29) is 5.54 Å². The van der Waals surface area contributed by atoms with Gasteiger partial charge in [-0.3, -0.25) is 9.69 Å². The number of amides is 1. The SMILES string of the molecule is O=C1N(Cc2ccccc2)CCCC12CCCN2CCCOc1ccccc1. The van der Waals surface area contributed by atoms with Crippen molar-refractivity contribution in [2.24, 2.45) is 0 Å². The second kappa shape index (κ2) is 8.78. The molecule has 1 atom stereocenters. The lowest BCUT2D eigenvalue weighted by Gasteiger charge is -2.44. The first kappa shape index (κ1) is 19.0. The molecule has 0 N–H and O–H groups in total. The highest BCUT2D eigenvalue weighted by Gasteiger charge is 2.50. The number of ether oxygens (including phenoxy) is 1. The third kappa shape index (κ3) is 4.07. The fourth-order valence-electron chi connectivity index (χ4n) is 4.77. The van der Waals surface area contributed by atoms with Crippen LogP contribution in [0.3, 0.4) is 0 Å². The number of rotatable bonds is 7. The highest BCUT2D eigenvalue weighted by molar-refractivity contribution is 5.87. The van der Waals surface area contributed by atoms with E-state index in [0.717, 1.165) is 64.0 Å². The summed E-state index contributed by atoms with van der Waals surface area (Å²) in [6.45, 7) is 4.25. The molecular weight excluding hydrogens is 348 g/mol. The Kier molecular flexibility index (Phi) is 5.96. The normalized spacial score (nSPS) is 22.7. The van der Waals surface area contributed by atoms with Gasteiger partial charge in [-0.2, -0.15) is 0 Å². The van der Waals surface area contributed by atoms with Crippen LogP contribution in [0.5, 0.6) is 5.75 Å². The van der Waals surface area contributed by atoms with E-state index in [0.29, 0.717) is 12.5 Å². The number of para-hydroxylation sites is 1. The van der Waals surface area contributed by atoms with Crippen LogP contribution in [0.25, 0.3) is 0 Å². The number of nitrogens with zero attached hydrogens (tertiary/aromatic N) is 2. The third-order valence-corrected chi connectivity index (χ3v) is 6.13. The lowest BCUT2D eigenvalue weighted by atomic mass is 9.85. The van der Waals surface area contributed by atoms with Crippen LogP contribution in [-0.2, 0) is 11.3 Å². The Morgan fingerprint density at radius 3 is 2.32 bits per heavy atom. The molecule has 1 unspecified atom stereocenters. The van der Waals surface area contributed by atoms with E-state index >= 15 is 0 Å². The van der Waals surface area contributed by atoms with Gasteiger partial charge >= 0.3 is 0 Å². The maximum atomic E-state index is 13.5. The van der Waals surface area contributed by atoms with Crippen LogP contribution >= 0.6 is 0 Å². The summed E-state index contributed by atoms with van der Waals surface area (Å²) in [5.41, 5.74) is 0.938. The number of benzene rings is 2. The Morgan fingerprint density at radius 2 is 1.57 bits per heavy atom. The summed E-state index contributed by atoms with van der Waals surface area (Å²) < 4.78 is 5.85. The van der Waals surface area contributed by atoms with E-state index < -0.39 is 0 Å². The molecule has 1 amide bonds. The smallest absolute Gasteiger partial charge is 0.243 e. The minimum atomic E-state index is -0.278. The second-order valence-electron chi connectivity index (χ2n) is 7.95. The lowest BCUT2D eigenvalue weighted by Crippen LogP contribution is -2.59. The monoisotopic (exact) mass is 378 g/mol. The van der Waals surface area contributed by atoms with E-state index in [9.17, 15) is 4.79 Å². The predicted octanol–water partition coefficient (Wildman–Crippen LogP) is 4.11. The summed E-state index contributed by atoms with van der Waals surface area (Å²) in [7, 11) is 0. The number of likely N-dealkylation sites (tertiary alicyclic amines) is 2. The van der Waals surface area contributed by atoms with Gasteiger partial charge in [0.2, 0.25) is 5.91 Å². The van der Waals surface area contributed by atoms with Gasteiger partial charge in [0.25, 0.3) is 0 Å². The first-order chi connectivity index (χ1) is 13.8. The number of piperidine rings is 1. The van der Waals surface area contributed by atoms with Gasteiger partial charge in [-0.05, 0) is 56.3 Å². The Labute approximate surface area is 168 Å². The minimum absolute atomic E-state index is 0.278. The van der Waals surface area contributed by atoms with Crippen LogP contribution in [0.1, 0.15) is 37.7 Å². The summed E-state index contributed by atoms with van der Waals surface area (Å²) in [5.74, 6) is 1.26. The fourth-order valence-corrected chi connectivity index (χ4v) is 4.77. The maximum Gasteiger partial charge on any atom is 0.243 e. The van der Waals surface area contributed by atoms with Gasteiger partial charge in [-0.25, -0.2) is 0 Å². The molecule has 2 aliphatic rings. The molecule has 28 heavy (non-hydrogen) atoms. The molecule has 0 bridgehead atoms. The molecule has 2 heterocycles. The van der Waals surface area contributed by atoms with Crippen LogP contribution in [0, 0.1) is 0 Å². The van der Waals surface area contributed by atoms with Gasteiger partial charge in [-0.1, -0.05) is 48.5 Å². The van der Waals surface area contributed by atoms with Gasteiger partial charge in [0.1, 0.15) is 11.3 Å². The van der Waals surface area contributed by atoms with E-state index in [1.165, 1.54) is 5.56 Å². The van der Waals surface area contributed by atoms with Crippen LogP contribution < -0.4 is 4.74 Å². The molecule has 0 aliphatic carbocycles. The summed E-state index contributed by atoms with van der Waals surface area (Å²) in [6, 6.07) is 20.3. The maximum absolute atomic E-state index is 13.5. The van der Waals surface area contributed by atoms with Crippen molar-refractivity contribution in [3.8, 4) is 5.75 Å². The largest absolute Gasteiger partial charge is 0.494 e. The third-order valence-electron chi connectivity index (χ3n) is 6.13. The summed E-state index contributed by atoms with van der Waals surface area (Å²) in [6.07, 6.45) is 5.15. The van der Waals surface area contributed by atoms with Gasteiger partial charge in [0, 0.05) is 19.6 Å². The Hall–Kier alpha value is -2.33. The molecule has 148 valence electrons. The van der Waals surface area contributed by atoms with Crippen molar-refractivity contribution in [1.82, 2.24) is 9.80 Å². The number of hydrogen-bond acceptors (Lipinski definition) is 3. The van der Waals surface area contributed by atoms with Gasteiger partial charge < -0.3 is 9.64 Å². The van der Waals surface area contributed by atoms with Crippen molar-refractivity contribution in [1.29, 1.82) is 0 Å². The predicted molar refractivity (Wildman–Crippen MR) is 111 cm³/mol. The number of carbonyl (C=O) groups is 1. The molecule has 1 spiro atoms. The van der Waals surface area contributed by atoms with Crippen molar-refractivity contribution in [3.63, 3.8) is 0 Å². The van der Waals surface area contributed by atoms with E-state index in [4.69, 9.17) is 4.74 Å². The first-order valence-corrected chi connectivity index (χ1v) is 10.5. The topological polar surface area (TPSA) is 32.8 Å². The molecule has 4 nitrogen and oxygen atoms in total. The zero-order valence-corrected chi connectivity index (χ0v) is 16.6. The van der Waals surface area contributed by atoms with Crippen molar-refractivity contribution in [2.75, 3.05) is 26.2 Å². The van der Waals surface area contributed by atoms with Crippen LogP contribution in [0.4, 0.5) is 0 Å². The quantitative estimate of drug-likeness (QED) is 0.680. The molecule has 0 radical (unpaired) electrons. The summed E-state index contributed by atoms with van der Waals surface area (Å²) in [5, 5.41) is 0. The van der Waals surface area contributed by atoms with Crippen molar-refractivity contribution >= 4 is 5.91 Å². The molecule has 2 aromatic carbocycles. The van der Waals surface area contributed by atoms with Crippen LogP contribution in [0.15, 0.2) is 60.7 Å². The molecule has 2 aromatic rings. The molecule has 4 rings (SSSR count). The molecular formula is C24H30N2O2. The summed E-state index contributed by atoms with van der Waals surface area (Å²) in [4.78, 5) is 18.0. The number of hydrogen-bond donors (Lipinski definition) is 0. The Bertz CT molecular complexity index is 765. The van der Waals surface area contributed by atoms with E-state index in [2.05, 4.69) is 21.9 Å². The van der Waals surface area contributed by atoms with Crippen molar-refractivity contribution in [3.05, 3.63) is 66.2 Å². The minimum Gasteiger partial charge on any atom is -0.494 e. The molecule has 2 fully saturated rings. The van der Waals surface area contributed by atoms with Gasteiger partial charge in [-0.15, -0.1) is 0 Å². The molecule has 2 aliphatic heterocycles. The first-order valence-electron chi connectivity index (χ1n) is 10.5. The second-order valence-corrected chi connectivity index (χ2v) is 7.95. The van der Waals surface area contributed by atoms with Crippen LogP contribution in [0.2, 0.25) is 0 Å². The zero-order chi connectivity index (χ0) is 19.2. The van der Waals surface area contributed by atoms with Gasteiger partial charge in [0.15, 0.2) is 0 Å². The number of carbonyl (C=O) groups excluding carboxylic acids is 1. The highest BCUT2D eigenvalue weighted by atomic mass is 16.5. The molecule has 0 aromatic heterocycles. The highest BCUT2D eigenvalue weighted by Crippen LogP contribution is 2.38. The van der Waals surface area contributed by atoms with Gasteiger partial charge in [0.05, 0.1) is 6.61 Å². The lowest BCUT2D eigenvalue weighted by molar-refractivity contribution is -0.148. The van der Waals surface area contributed by atoms with Crippen molar-refractivity contribution in [2.45, 2.75) is 44.2 Å². The Morgan fingerprint density at radius 1 is 0.893 bits per heavy atom.